The summed E-state index contributed by atoms with van der Waals surface area (Å²) in [7, 11) is 0. The Kier molecular flexibility index (Phi) is 11.2. The first-order valence-electron chi connectivity index (χ1n) is 11.8. The highest BCUT2D eigenvalue weighted by Gasteiger charge is 2.34. The van der Waals surface area contributed by atoms with Crippen LogP contribution in [0.5, 0.6) is 0 Å². The Morgan fingerprint density at radius 3 is 2.31 bits per heavy atom. The second kappa shape index (κ2) is 14.1. The maximum Gasteiger partial charge on any atom is 0.451 e. The van der Waals surface area contributed by atoms with E-state index in [0.29, 0.717) is 11.4 Å². The molecule has 0 aliphatic carbocycles. The van der Waals surface area contributed by atoms with E-state index >= 15 is 0 Å². The maximum atomic E-state index is 13.5. The minimum Gasteiger partial charge on any atom is -0.347 e. The number of hydrogen-bond donors (Lipinski definition) is 1. The predicted molar refractivity (Wildman–Crippen MR) is 138 cm³/mol. The van der Waals surface area contributed by atoms with E-state index in [0.717, 1.165) is 53.9 Å². The highest BCUT2D eigenvalue weighted by molar-refractivity contribution is 6.04. The third-order valence-corrected chi connectivity index (χ3v) is 5.16. The first kappa shape index (κ1) is 28.7. The monoisotopic (exact) mass is 500 g/mol. The van der Waals surface area contributed by atoms with Crippen LogP contribution in [0, 0.1) is 5.82 Å². The zero-order valence-electron chi connectivity index (χ0n) is 21.0. The molecule has 0 bridgehead atoms. The first-order valence-corrected chi connectivity index (χ1v) is 11.8. The molecular weight excluding hydrogens is 468 g/mol. The largest absolute Gasteiger partial charge is 0.451 e. The van der Waals surface area contributed by atoms with E-state index in [1.165, 1.54) is 12.1 Å². The number of nitrogens with one attached hydrogen (secondary N) is 1. The lowest BCUT2D eigenvalue weighted by Crippen LogP contribution is -2.21. The number of allylic oxidation sites excluding steroid dienone is 5. The van der Waals surface area contributed by atoms with E-state index in [-0.39, 0.29) is 12.4 Å². The van der Waals surface area contributed by atoms with Crippen molar-refractivity contribution in [3.8, 4) is 0 Å². The van der Waals surface area contributed by atoms with Crippen molar-refractivity contribution in [1.29, 1.82) is 0 Å². The van der Waals surface area contributed by atoms with Gasteiger partial charge in [0.05, 0.1) is 6.54 Å². The van der Waals surface area contributed by atoms with E-state index in [4.69, 9.17) is 0 Å². The first-order chi connectivity index (χ1) is 17.2. The molecule has 0 spiro atoms. The maximum absolute atomic E-state index is 13.5. The van der Waals surface area contributed by atoms with Gasteiger partial charge in [-0.15, -0.1) is 0 Å². The normalized spacial score (nSPS) is 14.0. The molecular formula is C28H32F4N4. The second-order valence-corrected chi connectivity index (χ2v) is 8.02. The van der Waals surface area contributed by atoms with Crippen molar-refractivity contribution in [2.75, 3.05) is 0 Å². The van der Waals surface area contributed by atoms with Crippen LogP contribution in [0.3, 0.4) is 0 Å². The minimum absolute atomic E-state index is 0.0839. The van der Waals surface area contributed by atoms with Crippen LogP contribution in [-0.4, -0.2) is 15.8 Å². The lowest BCUT2D eigenvalue weighted by molar-refractivity contribution is -0.145. The van der Waals surface area contributed by atoms with Crippen molar-refractivity contribution in [2.24, 2.45) is 4.99 Å². The zero-order valence-corrected chi connectivity index (χ0v) is 21.0. The molecule has 192 valence electrons. The van der Waals surface area contributed by atoms with Crippen molar-refractivity contribution in [3.05, 3.63) is 101 Å². The smallest absolute Gasteiger partial charge is 0.347 e. The molecule has 0 amide bonds. The van der Waals surface area contributed by atoms with E-state index in [2.05, 4.69) is 33.3 Å². The molecule has 8 heteroatoms. The van der Waals surface area contributed by atoms with Gasteiger partial charge in [-0.3, -0.25) is 4.99 Å². The zero-order chi connectivity index (χ0) is 26.6. The van der Waals surface area contributed by atoms with Crippen molar-refractivity contribution < 1.29 is 17.6 Å². The van der Waals surface area contributed by atoms with Gasteiger partial charge in [0.25, 0.3) is 0 Å². The Bertz CT molecular complexity index is 1120. The Labute approximate surface area is 210 Å². The summed E-state index contributed by atoms with van der Waals surface area (Å²) >= 11 is 0. The molecule has 0 aliphatic rings. The minimum atomic E-state index is -4.60. The fraction of sp³-hybridized carbons (Fsp3) is 0.321. The Balaban J connectivity index is 2.53. The van der Waals surface area contributed by atoms with Crippen LogP contribution in [0.15, 0.2) is 83.3 Å². The number of nitrogens with zero attached hydrogens (tertiary/aromatic N) is 3. The number of amidine groups is 1. The van der Waals surface area contributed by atoms with E-state index in [1.807, 2.05) is 39.0 Å². The molecule has 1 heterocycles. The molecule has 0 saturated carbocycles. The van der Waals surface area contributed by atoms with Crippen LogP contribution in [-0.2, 0) is 12.7 Å². The Morgan fingerprint density at radius 1 is 1.08 bits per heavy atom. The Morgan fingerprint density at radius 2 is 1.75 bits per heavy atom. The summed E-state index contributed by atoms with van der Waals surface area (Å²) in [5.41, 5.74) is 3.97. The van der Waals surface area contributed by atoms with Gasteiger partial charge in [0.15, 0.2) is 0 Å². The Hall–Kier alpha value is -3.55. The molecule has 1 aromatic heterocycles. The lowest BCUT2D eigenvalue weighted by Gasteiger charge is -2.15. The average Bonchev–Trinajstić information content (AvgIpc) is 2.86. The number of alkyl halides is 3. The van der Waals surface area contributed by atoms with E-state index in [1.54, 1.807) is 18.3 Å². The fourth-order valence-corrected chi connectivity index (χ4v) is 3.19. The second-order valence-electron chi connectivity index (χ2n) is 8.02. The van der Waals surface area contributed by atoms with Crippen LogP contribution in [0.4, 0.5) is 17.6 Å². The molecule has 2 rings (SSSR count). The number of aliphatic imine (C=N–C) groups is 1. The molecule has 1 aromatic carbocycles. The average molecular weight is 501 g/mol. The summed E-state index contributed by atoms with van der Waals surface area (Å²) in [6.45, 7) is 8.07. The van der Waals surface area contributed by atoms with Crippen LogP contribution < -0.4 is 5.32 Å². The molecule has 0 unspecified atom stereocenters. The lowest BCUT2D eigenvalue weighted by atomic mass is 9.97. The van der Waals surface area contributed by atoms with Crippen LogP contribution in [0.25, 0.3) is 5.57 Å². The van der Waals surface area contributed by atoms with Gasteiger partial charge < -0.3 is 5.32 Å². The van der Waals surface area contributed by atoms with Gasteiger partial charge in [0.1, 0.15) is 11.7 Å². The summed E-state index contributed by atoms with van der Waals surface area (Å²) in [6.07, 6.45) is 10.1. The summed E-state index contributed by atoms with van der Waals surface area (Å²) in [6, 6.07) is 6.25. The van der Waals surface area contributed by atoms with Crippen molar-refractivity contribution in [3.63, 3.8) is 0 Å². The number of halogens is 4. The third kappa shape index (κ3) is 8.91. The molecule has 2 aromatic rings. The molecule has 36 heavy (non-hydrogen) atoms. The van der Waals surface area contributed by atoms with Crippen molar-refractivity contribution in [2.45, 2.75) is 59.7 Å². The summed E-state index contributed by atoms with van der Waals surface area (Å²) < 4.78 is 51.9. The van der Waals surface area contributed by atoms with Gasteiger partial charge in [0, 0.05) is 23.5 Å². The van der Waals surface area contributed by atoms with E-state index < -0.39 is 12.0 Å². The van der Waals surface area contributed by atoms with Crippen molar-refractivity contribution >= 4 is 11.4 Å². The van der Waals surface area contributed by atoms with E-state index in [9.17, 15) is 17.6 Å². The van der Waals surface area contributed by atoms with Gasteiger partial charge in [-0.25, -0.2) is 14.4 Å². The highest BCUT2D eigenvalue weighted by atomic mass is 19.4. The van der Waals surface area contributed by atoms with Gasteiger partial charge in [0.2, 0.25) is 5.82 Å². The van der Waals surface area contributed by atoms with Crippen LogP contribution in [0.2, 0.25) is 0 Å². The molecule has 0 radical (unpaired) electrons. The quantitative estimate of drug-likeness (QED) is 0.157. The SMILES string of the molecule is C\C=C(/C=C(C(=NCc1cnc(C(F)(F)F)nc1)N/C=C/CC)\C(C)=C\CCC)c1ccc(F)cc1. The fourth-order valence-electron chi connectivity index (χ4n) is 3.19. The number of hydrogen-bond acceptors (Lipinski definition) is 3. The molecule has 1 N–H and O–H groups in total. The summed E-state index contributed by atoms with van der Waals surface area (Å²) in [4.78, 5) is 11.5. The molecule has 0 atom stereocenters. The predicted octanol–water partition coefficient (Wildman–Crippen LogP) is 7.82. The number of unbranched alkanes of at least 4 members (excludes halogenated alkanes) is 1. The number of aromatic nitrogens is 2. The van der Waals surface area contributed by atoms with Crippen LogP contribution >= 0.6 is 0 Å². The molecule has 4 nitrogen and oxygen atoms in total. The van der Waals surface area contributed by atoms with Gasteiger partial charge >= 0.3 is 6.18 Å². The molecule has 0 aliphatic heterocycles. The van der Waals surface area contributed by atoms with Crippen LogP contribution in [0.1, 0.15) is 63.9 Å². The van der Waals surface area contributed by atoms with Gasteiger partial charge in [-0.1, -0.05) is 50.6 Å². The van der Waals surface area contributed by atoms with Crippen molar-refractivity contribution in [1.82, 2.24) is 15.3 Å². The standard InChI is InChI=1S/C28H32F4N4/c1-5-8-10-20(4)25(16-22(7-3)23-11-13-24(29)14-12-23)26(33-15-9-6-2)34-17-21-18-35-27(36-19-21)28(30,31)32/h7,9-16,18-19H,5-6,8,17H2,1-4H3,(H,33,34)/b15-9+,20-10+,22-7+,25-16+. The summed E-state index contributed by atoms with van der Waals surface area (Å²) in [5.74, 6) is -0.953. The van der Waals surface area contributed by atoms with Gasteiger partial charge in [-0.2, -0.15) is 13.2 Å². The molecule has 0 fully saturated rings. The summed E-state index contributed by atoms with van der Waals surface area (Å²) in [5, 5.41) is 3.23. The molecule has 0 saturated heterocycles. The number of rotatable bonds is 10. The highest BCUT2D eigenvalue weighted by Crippen LogP contribution is 2.26. The third-order valence-electron chi connectivity index (χ3n) is 5.16. The number of benzene rings is 1. The topological polar surface area (TPSA) is 50.2 Å². The van der Waals surface area contributed by atoms with Gasteiger partial charge in [-0.05, 0) is 67.8 Å².